The van der Waals surface area contributed by atoms with Gasteiger partial charge in [0.25, 0.3) is 0 Å². The Bertz CT molecular complexity index is 4760. The van der Waals surface area contributed by atoms with Gasteiger partial charge in [0.15, 0.2) is 11.5 Å². The molecular weight excluding hydrogens is 1290 g/mol. The molecule has 10 nitrogen and oxygen atoms in total. The SMILES string of the molecule is CC(=O)Nc1cccc(C)c1.COc1cc(N)c(Cl)cc1C.Cc1c[nH]c2ccccc12.Cc1ccc(CO)cc1.Cc1ccc2ccccc2c1.Cc1cccc(N(C)C)c1.Cc1cccc2c1OCO2.Cc1cccc2ccccc12.Cc1ccccc1F.Cc1nccc2ccccc12. The summed E-state index contributed by atoms with van der Waals surface area (Å²) in [6.07, 6.45) is 3.88. The van der Waals surface area contributed by atoms with Gasteiger partial charge in [0.05, 0.1) is 24.4 Å². The number of aliphatic hydroxyl groups is 1. The number of pyridine rings is 1. The van der Waals surface area contributed by atoms with Crippen molar-refractivity contribution in [2.24, 2.45) is 0 Å². The van der Waals surface area contributed by atoms with Crippen molar-refractivity contribution in [3.63, 3.8) is 0 Å². The number of nitrogens with one attached hydrogen (secondary N) is 2. The Kier molecular flexibility index (Phi) is 32.8. The molecule has 0 atom stereocenters. The van der Waals surface area contributed by atoms with Gasteiger partial charge in [-0.05, 0) is 195 Å². The molecule has 0 saturated heterocycles. The molecule has 14 aromatic rings. The molecule has 0 bridgehead atoms. The Labute approximate surface area is 608 Å². The zero-order valence-electron chi connectivity index (χ0n) is 61.3. The topological polar surface area (TPSA) is 135 Å². The monoisotopic (exact) mass is 1380 g/mol. The summed E-state index contributed by atoms with van der Waals surface area (Å²) < 4.78 is 27.7. The number of nitrogen functional groups attached to an aromatic ring is 1. The van der Waals surface area contributed by atoms with E-state index in [0.717, 1.165) is 50.9 Å². The highest BCUT2D eigenvalue weighted by Crippen LogP contribution is 2.34. The van der Waals surface area contributed by atoms with Crippen LogP contribution in [0.3, 0.4) is 0 Å². The van der Waals surface area contributed by atoms with Gasteiger partial charge in [-0.1, -0.05) is 229 Å². The van der Waals surface area contributed by atoms with E-state index in [-0.39, 0.29) is 18.3 Å². The van der Waals surface area contributed by atoms with Gasteiger partial charge in [-0.3, -0.25) is 9.78 Å². The maximum absolute atomic E-state index is 12.3. The fraction of sp³-hybridized carbons (Fsp3) is 0.178. The number of H-pyrrole nitrogens is 1. The highest BCUT2D eigenvalue weighted by atomic mass is 35.5. The standard InChI is InChI=1S/2C11H10.C10H9N.C9H11NO.C9H9N.C9H13N.C8H10ClNO.C8H8O2.C8H10O.C7H7F/c1-9-5-4-7-10-6-2-3-8-11(9)10;1-9-6-7-10-4-2-3-5-11(10)8-9;1-8-10-5-3-2-4-9(10)6-7-11-8;1-7-4-3-5-9(6-7)10-8(2)11;1-7-6-10-9-5-3-2-4-8(7)9;1-8-5-4-6-9(7-8)10(2)3;1-5-3-6(9)7(10)4-8(5)11-2;1-6-3-2-4-7-8(6)10-5-9-7;1-7-2-4-8(6-9)5-3-7;1-6-4-2-3-5-7(6)8/h2*2-8H,1H3;2-7H,1H3;3-6H,1-2H3,(H,10,11);2-6,10H,1H3;4-7H,1-3H3;3-4H,10H2,1-2H3;2-4H,5H2,1H3;2-5,9H,6H2,1H3;2-5H,1H3. The number of fused-ring (bicyclic) bond motifs is 5. The number of benzene rings is 12. The number of amides is 1. The van der Waals surface area contributed by atoms with Gasteiger partial charge in [0.2, 0.25) is 12.7 Å². The number of methoxy groups -OCH3 is 1. The number of carbonyl (C=O) groups excluding carboxylic acids is 1. The summed E-state index contributed by atoms with van der Waals surface area (Å²) >= 11 is 5.76. The van der Waals surface area contributed by atoms with E-state index in [1.165, 1.54) is 89.7 Å². The first-order chi connectivity index (χ1) is 49.0. The van der Waals surface area contributed by atoms with E-state index < -0.39 is 0 Å². The zero-order chi connectivity index (χ0) is 73.9. The number of carbonyl (C=O) groups is 1. The van der Waals surface area contributed by atoms with Crippen LogP contribution in [0, 0.1) is 75.1 Å². The second kappa shape index (κ2) is 42.0. The molecule has 2 aromatic heterocycles. The summed E-state index contributed by atoms with van der Waals surface area (Å²) in [5.74, 6) is 2.36. The van der Waals surface area contributed by atoms with Gasteiger partial charge in [-0.2, -0.15) is 0 Å². The lowest BCUT2D eigenvalue weighted by atomic mass is 10.1. The summed E-state index contributed by atoms with van der Waals surface area (Å²) in [6.45, 7) is 22.2. The Morgan fingerprint density at radius 3 is 1.68 bits per heavy atom. The molecule has 526 valence electrons. The molecule has 0 radical (unpaired) electrons. The summed E-state index contributed by atoms with van der Waals surface area (Å²) in [5.41, 5.74) is 22.0. The highest BCUT2D eigenvalue weighted by molar-refractivity contribution is 6.33. The number of para-hydroxylation sites is 2. The molecule has 102 heavy (non-hydrogen) atoms. The van der Waals surface area contributed by atoms with Crippen LogP contribution < -0.4 is 30.2 Å². The number of halogens is 2. The number of nitrogens with two attached hydrogens (primary N) is 1. The molecule has 0 saturated carbocycles. The Morgan fingerprint density at radius 2 is 1.09 bits per heavy atom. The van der Waals surface area contributed by atoms with Crippen molar-refractivity contribution < 1.29 is 28.5 Å². The molecule has 15 rings (SSSR count). The summed E-state index contributed by atoms with van der Waals surface area (Å²) in [6, 6.07) is 88.4. The Morgan fingerprint density at radius 1 is 0.539 bits per heavy atom. The molecule has 0 spiro atoms. The van der Waals surface area contributed by atoms with Crippen molar-refractivity contribution in [3.8, 4) is 17.2 Å². The number of aromatic nitrogens is 2. The summed E-state index contributed by atoms with van der Waals surface area (Å²) in [5, 5.41) is 21.1. The lowest BCUT2D eigenvalue weighted by molar-refractivity contribution is -0.114. The number of aliphatic hydroxyl groups excluding tert-OH is 1. The maximum atomic E-state index is 12.3. The molecule has 12 aromatic carbocycles. The van der Waals surface area contributed by atoms with E-state index in [1.54, 1.807) is 38.3 Å². The molecule has 1 aliphatic heterocycles. The average Bonchev–Trinajstić information content (AvgIpc) is 0.945. The predicted molar refractivity (Wildman–Crippen MR) is 431 cm³/mol. The van der Waals surface area contributed by atoms with Crippen molar-refractivity contribution in [3.05, 3.63) is 351 Å². The van der Waals surface area contributed by atoms with E-state index >= 15 is 0 Å². The summed E-state index contributed by atoms with van der Waals surface area (Å²) in [4.78, 5) is 20.1. The number of hydrogen-bond donors (Lipinski definition) is 4. The van der Waals surface area contributed by atoms with Crippen molar-refractivity contribution in [1.29, 1.82) is 0 Å². The van der Waals surface area contributed by atoms with Gasteiger partial charge in [0, 0.05) is 72.8 Å². The van der Waals surface area contributed by atoms with Crippen LogP contribution in [0.4, 0.5) is 21.5 Å². The zero-order valence-corrected chi connectivity index (χ0v) is 62.0. The molecule has 5 N–H and O–H groups in total. The molecule has 3 heterocycles. The van der Waals surface area contributed by atoms with E-state index in [1.807, 2.05) is 144 Å². The van der Waals surface area contributed by atoms with Gasteiger partial charge < -0.3 is 40.3 Å². The summed E-state index contributed by atoms with van der Waals surface area (Å²) in [7, 11) is 5.71. The molecule has 0 fully saturated rings. The molecule has 0 aliphatic carbocycles. The quantitative estimate of drug-likeness (QED) is 0.128. The fourth-order valence-electron chi connectivity index (χ4n) is 10.2. The van der Waals surface area contributed by atoms with Crippen molar-refractivity contribution in [2.75, 3.05) is 43.9 Å². The lowest BCUT2D eigenvalue weighted by Crippen LogP contribution is -2.08. The van der Waals surface area contributed by atoms with Gasteiger partial charge in [-0.25, -0.2) is 4.39 Å². The number of ether oxygens (including phenoxy) is 3. The fourth-order valence-corrected chi connectivity index (χ4v) is 10.4. The van der Waals surface area contributed by atoms with Crippen LogP contribution in [0.25, 0.3) is 43.2 Å². The van der Waals surface area contributed by atoms with E-state index in [9.17, 15) is 9.18 Å². The van der Waals surface area contributed by atoms with E-state index in [2.05, 4.69) is 202 Å². The third kappa shape index (κ3) is 26.8. The first-order valence-corrected chi connectivity index (χ1v) is 34.0. The number of aromatic amines is 1. The second-order valence-electron chi connectivity index (χ2n) is 24.6. The van der Waals surface area contributed by atoms with Crippen LogP contribution in [0.2, 0.25) is 5.02 Å². The number of rotatable bonds is 4. The molecule has 12 heteroatoms. The third-order valence-electron chi connectivity index (χ3n) is 15.9. The van der Waals surface area contributed by atoms with Crippen LogP contribution in [0.1, 0.15) is 68.3 Å². The lowest BCUT2D eigenvalue weighted by Gasteiger charge is -2.11. The van der Waals surface area contributed by atoms with Crippen molar-refractivity contribution in [1.82, 2.24) is 9.97 Å². The predicted octanol–water partition coefficient (Wildman–Crippen LogP) is 22.9. The second-order valence-corrected chi connectivity index (χ2v) is 25.0. The molecular formula is C90H97ClFN5O5. The maximum Gasteiger partial charge on any atom is 0.231 e. The van der Waals surface area contributed by atoms with Gasteiger partial charge >= 0.3 is 0 Å². The van der Waals surface area contributed by atoms with Crippen LogP contribution in [0.5, 0.6) is 17.2 Å². The Hall–Kier alpha value is -11.2. The molecule has 1 amide bonds. The minimum atomic E-state index is -0.132. The Balaban J connectivity index is 0.000000178. The third-order valence-corrected chi connectivity index (χ3v) is 16.3. The van der Waals surface area contributed by atoms with E-state index in [4.69, 9.17) is 36.7 Å². The van der Waals surface area contributed by atoms with Crippen LogP contribution in [-0.4, -0.2) is 49.0 Å². The van der Waals surface area contributed by atoms with Crippen molar-refractivity contribution >= 4 is 77.8 Å². The van der Waals surface area contributed by atoms with E-state index in [0.29, 0.717) is 23.1 Å². The van der Waals surface area contributed by atoms with Gasteiger partial charge in [0.1, 0.15) is 11.6 Å². The highest BCUT2D eigenvalue weighted by Gasteiger charge is 2.14. The number of nitrogens with zero attached hydrogens (tertiary/aromatic N) is 2. The van der Waals surface area contributed by atoms with Crippen LogP contribution >= 0.6 is 11.6 Å². The van der Waals surface area contributed by atoms with Crippen LogP contribution in [-0.2, 0) is 11.4 Å². The number of aryl methyl sites for hydroxylation is 10. The van der Waals surface area contributed by atoms with Crippen molar-refractivity contribution in [2.45, 2.75) is 82.8 Å². The number of anilines is 3. The molecule has 0 unspecified atom stereocenters. The van der Waals surface area contributed by atoms with Gasteiger partial charge in [-0.15, -0.1) is 0 Å². The minimum absolute atomic E-state index is 0.0319. The van der Waals surface area contributed by atoms with Crippen LogP contribution in [0.15, 0.2) is 279 Å². The first-order valence-electron chi connectivity index (χ1n) is 33.7. The average molecular weight is 1380 g/mol. The smallest absolute Gasteiger partial charge is 0.231 e. The minimum Gasteiger partial charge on any atom is -0.496 e. The molecule has 1 aliphatic rings. The first kappa shape index (κ1) is 79.7. The largest absolute Gasteiger partial charge is 0.496 e. The number of hydrogen-bond acceptors (Lipinski definition) is 8. The normalized spacial score (nSPS) is 10.2.